The van der Waals surface area contributed by atoms with Crippen molar-refractivity contribution in [3.63, 3.8) is 0 Å². The summed E-state index contributed by atoms with van der Waals surface area (Å²) in [4.78, 5) is 0. The molecule has 0 bridgehead atoms. The van der Waals surface area contributed by atoms with Crippen molar-refractivity contribution in [3.8, 4) is 11.5 Å². The second-order valence-electron chi connectivity index (χ2n) is 4.77. The zero-order valence-electron chi connectivity index (χ0n) is 12.9. The third-order valence-corrected chi connectivity index (χ3v) is 3.67. The van der Waals surface area contributed by atoms with Crippen LogP contribution in [0.2, 0.25) is 5.02 Å². The molecule has 1 rings (SSSR count). The first-order valence-corrected chi connectivity index (χ1v) is 7.25. The zero-order chi connectivity index (χ0) is 15.1. The lowest BCUT2D eigenvalue weighted by Crippen LogP contribution is -2.27. The second-order valence-corrected chi connectivity index (χ2v) is 5.15. The number of halogens is 1. The van der Waals surface area contributed by atoms with Crippen LogP contribution in [0.4, 0.5) is 0 Å². The fourth-order valence-corrected chi connectivity index (χ4v) is 2.20. The summed E-state index contributed by atoms with van der Waals surface area (Å²) >= 11 is 6.38. The average Bonchev–Trinajstić information content (AvgIpc) is 2.46. The predicted molar refractivity (Wildman–Crippen MR) is 86.0 cm³/mol. The van der Waals surface area contributed by atoms with Crippen molar-refractivity contribution in [3.05, 3.63) is 28.3 Å². The summed E-state index contributed by atoms with van der Waals surface area (Å²) in [6.07, 6.45) is 3.20. The lowest BCUT2D eigenvalue weighted by atomic mass is 10.1. The predicted octanol–water partition coefficient (Wildman–Crippen LogP) is 4.15. The fourth-order valence-electron chi connectivity index (χ4n) is 1.91. The molecule has 112 valence electrons. The Balaban J connectivity index is 3.02. The van der Waals surface area contributed by atoms with E-state index in [9.17, 15) is 0 Å². The summed E-state index contributed by atoms with van der Waals surface area (Å²) < 4.78 is 10.5. The molecule has 3 nitrogen and oxygen atoms in total. The molecular weight excluding hydrogens is 274 g/mol. The van der Waals surface area contributed by atoms with Gasteiger partial charge < -0.3 is 14.8 Å². The number of benzene rings is 1. The van der Waals surface area contributed by atoms with Crippen LogP contribution in [0.5, 0.6) is 11.5 Å². The Bertz CT molecular complexity index is 472. The zero-order valence-corrected chi connectivity index (χ0v) is 13.7. The molecule has 0 spiro atoms. The standard InChI is InChI=1S/C16H24ClNO2/c1-6-9-18-12(3)11(2)10-13-7-8-14(19-4)16(20-5)15(13)17/h7-8,10,12,18H,6,9H2,1-5H3/b11-10+. The van der Waals surface area contributed by atoms with E-state index in [2.05, 4.69) is 32.2 Å². The molecule has 0 aliphatic heterocycles. The molecule has 0 amide bonds. The number of rotatable bonds is 7. The SMILES string of the molecule is CCCNC(C)/C(C)=C/c1ccc(OC)c(OC)c1Cl. The number of nitrogens with one attached hydrogen (secondary N) is 1. The van der Waals surface area contributed by atoms with E-state index in [0.29, 0.717) is 22.6 Å². The number of methoxy groups -OCH3 is 2. The van der Waals surface area contributed by atoms with Crippen LogP contribution in [-0.4, -0.2) is 26.8 Å². The van der Waals surface area contributed by atoms with Crippen molar-refractivity contribution in [2.75, 3.05) is 20.8 Å². The summed E-state index contributed by atoms with van der Waals surface area (Å²) in [5.41, 5.74) is 2.17. The molecule has 0 saturated heterocycles. The number of ether oxygens (including phenoxy) is 2. The van der Waals surface area contributed by atoms with Crippen LogP contribution in [0.25, 0.3) is 6.08 Å². The first-order chi connectivity index (χ1) is 9.54. The Morgan fingerprint density at radius 3 is 2.60 bits per heavy atom. The van der Waals surface area contributed by atoms with E-state index in [0.717, 1.165) is 18.5 Å². The van der Waals surface area contributed by atoms with Crippen LogP contribution in [0.1, 0.15) is 32.8 Å². The van der Waals surface area contributed by atoms with E-state index in [1.165, 1.54) is 5.57 Å². The van der Waals surface area contributed by atoms with Crippen molar-refractivity contribution >= 4 is 17.7 Å². The molecule has 0 aliphatic rings. The van der Waals surface area contributed by atoms with Gasteiger partial charge in [0, 0.05) is 6.04 Å². The van der Waals surface area contributed by atoms with Crippen molar-refractivity contribution < 1.29 is 9.47 Å². The Hall–Kier alpha value is -1.19. The number of hydrogen-bond donors (Lipinski definition) is 1. The minimum atomic E-state index is 0.319. The maximum absolute atomic E-state index is 6.38. The van der Waals surface area contributed by atoms with Gasteiger partial charge in [0.1, 0.15) is 0 Å². The quantitative estimate of drug-likeness (QED) is 0.820. The summed E-state index contributed by atoms with van der Waals surface area (Å²) in [6.45, 7) is 7.41. The van der Waals surface area contributed by atoms with E-state index < -0.39 is 0 Å². The van der Waals surface area contributed by atoms with Crippen LogP contribution in [0.15, 0.2) is 17.7 Å². The van der Waals surface area contributed by atoms with E-state index in [1.807, 2.05) is 12.1 Å². The average molecular weight is 298 g/mol. The van der Waals surface area contributed by atoms with Gasteiger partial charge in [0.2, 0.25) is 0 Å². The van der Waals surface area contributed by atoms with Crippen LogP contribution in [0, 0.1) is 0 Å². The van der Waals surface area contributed by atoms with Gasteiger partial charge in [-0.05, 0) is 44.5 Å². The van der Waals surface area contributed by atoms with Crippen LogP contribution in [0.3, 0.4) is 0 Å². The van der Waals surface area contributed by atoms with Gasteiger partial charge in [-0.1, -0.05) is 30.2 Å². The van der Waals surface area contributed by atoms with Crippen molar-refractivity contribution in [1.82, 2.24) is 5.32 Å². The maximum atomic E-state index is 6.38. The third-order valence-electron chi connectivity index (χ3n) is 3.28. The highest BCUT2D eigenvalue weighted by molar-refractivity contribution is 6.33. The van der Waals surface area contributed by atoms with Gasteiger partial charge in [0.15, 0.2) is 11.5 Å². The monoisotopic (exact) mass is 297 g/mol. The maximum Gasteiger partial charge on any atom is 0.179 e. The molecule has 0 saturated carbocycles. The van der Waals surface area contributed by atoms with Gasteiger partial charge in [0.05, 0.1) is 19.2 Å². The van der Waals surface area contributed by atoms with Crippen LogP contribution >= 0.6 is 11.6 Å². The Labute approximate surface area is 126 Å². The van der Waals surface area contributed by atoms with Gasteiger partial charge >= 0.3 is 0 Å². The fraction of sp³-hybridized carbons (Fsp3) is 0.500. The molecule has 1 aromatic rings. The molecule has 0 aromatic heterocycles. The molecule has 1 unspecified atom stereocenters. The Morgan fingerprint density at radius 1 is 1.35 bits per heavy atom. The lowest BCUT2D eigenvalue weighted by Gasteiger charge is -2.15. The van der Waals surface area contributed by atoms with E-state index in [1.54, 1.807) is 14.2 Å². The van der Waals surface area contributed by atoms with Gasteiger partial charge in [-0.2, -0.15) is 0 Å². The summed E-state index contributed by atoms with van der Waals surface area (Å²) in [5.74, 6) is 1.22. The molecule has 0 fully saturated rings. The first-order valence-electron chi connectivity index (χ1n) is 6.87. The van der Waals surface area contributed by atoms with Crippen LogP contribution in [-0.2, 0) is 0 Å². The minimum Gasteiger partial charge on any atom is -0.493 e. The summed E-state index contributed by atoms with van der Waals surface area (Å²) in [5, 5.41) is 4.03. The normalized spacial score (nSPS) is 13.2. The highest BCUT2D eigenvalue weighted by atomic mass is 35.5. The molecular formula is C16H24ClNO2. The van der Waals surface area contributed by atoms with E-state index in [-0.39, 0.29) is 0 Å². The van der Waals surface area contributed by atoms with E-state index in [4.69, 9.17) is 21.1 Å². The van der Waals surface area contributed by atoms with Gasteiger partial charge in [-0.3, -0.25) is 0 Å². The van der Waals surface area contributed by atoms with Gasteiger partial charge in [-0.25, -0.2) is 0 Å². The molecule has 4 heteroatoms. The number of hydrogen-bond acceptors (Lipinski definition) is 3. The molecule has 1 atom stereocenters. The Morgan fingerprint density at radius 2 is 2.05 bits per heavy atom. The third kappa shape index (κ3) is 4.15. The van der Waals surface area contributed by atoms with E-state index >= 15 is 0 Å². The van der Waals surface area contributed by atoms with Crippen LogP contribution < -0.4 is 14.8 Å². The molecule has 20 heavy (non-hydrogen) atoms. The molecule has 0 heterocycles. The molecule has 0 aliphatic carbocycles. The largest absolute Gasteiger partial charge is 0.493 e. The highest BCUT2D eigenvalue weighted by Crippen LogP contribution is 2.38. The van der Waals surface area contributed by atoms with Gasteiger partial charge in [-0.15, -0.1) is 0 Å². The molecule has 1 N–H and O–H groups in total. The summed E-state index contributed by atoms with van der Waals surface area (Å²) in [7, 11) is 3.20. The Kier molecular flexibility index (Phi) is 6.89. The second kappa shape index (κ2) is 8.18. The lowest BCUT2D eigenvalue weighted by molar-refractivity contribution is 0.355. The van der Waals surface area contributed by atoms with Gasteiger partial charge in [0.25, 0.3) is 0 Å². The molecule has 0 radical (unpaired) electrons. The smallest absolute Gasteiger partial charge is 0.179 e. The topological polar surface area (TPSA) is 30.5 Å². The first kappa shape index (κ1) is 16.9. The molecule has 1 aromatic carbocycles. The minimum absolute atomic E-state index is 0.319. The van der Waals surface area contributed by atoms with Crippen molar-refractivity contribution in [2.24, 2.45) is 0 Å². The highest BCUT2D eigenvalue weighted by Gasteiger charge is 2.12. The summed E-state index contributed by atoms with van der Waals surface area (Å²) in [6, 6.07) is 4.13. The van der Waals surface area contributed by atoms with Crippen molar-refractivity contribution in [2.45, 2.75) is 33.2 Å². The van der Waals surface area contributed by atoms with Crippen molar-refractivity contribution in [1.29, 1.82) is 0 Å².